The maximum Gasteiger partial charge on any atom is 0.0299 e. The molecule has 0 amide bonds. The van der Waals surface area contributed by atoms with Gasteiger partial charge in [-0.05, 0) is 36.9 Å². The van der Waals surface area contributed by atoms with Gasteiger partial charge in [0.05, 0.1) is 0 Å². The van der Waals surface area contributed by atoms with Gasteiger partial charge in [-0.3, -0.25) is 4.90 Å². The summed E-state index contributed by atoms with van der Waals surface area (Å²) in [6.45, 7) is 19.2. The average Bonchev–Trinajstić information content (AvgIpc) is 2.65. The highest BCUT2D eigenvalue weighted by molar-refractivity contribution is 7.12. The first-order valence-electron chi connectivity index (χ1n) is 7.93. The molecule has 0 fully saturated rings. The summed E-state index contributed by atoms with van der Waals surface area (Å²) in [5.41, 5.74) is 1.52. The lowest BCUT2D eigenvalue weighted by molar-refractivity contribution is 0.211. The molecule has 0 aliphatic carbocycles. The molecule has 0 saturated heterocycles. The molecule has 1 aromatic rings. The summed E-state index contributed by atoms with van der Waals surface area (Å²) >= 11 is 1.94. The van der Waals surface area contributed by atoms with Crippen LogP contribution in [0.2, 0.25) is 0 Å². The van der Waals surface area contributed by atoms with Crippen molar-refractivity contribution in [1.82, 2.24) is 10.2 Å². The Bertz CT molecular complexity index is 372. The maximum atomic E-state index is 3.42. The number of nitrogens with one attached hydrogen (secondary N) is 1. The van der Waals surface area contributed by atoms with E-state index in [9.17, 15) is 0 Å². The van der Waals surface area contributed by atoms with Crippen molar-refractivity contribution >= 4 is 11.3 Å². The quantitative estimate of drug-likeness (QED) is 0.731. The molecule has 3 heteroatoms. The molecule has 1 rings (SSSR count). The zero-order valence-corrected chi connectivity index (χ0v) is 14.9. The van der Waals surface area contributed by atoms with E-state index in [0.29, 0.717) is 0 Å². The molecule has 0 radical (unpaired) electrons. The maximum absolute atomic E-state index is 3.42. The van der Waals surface area contributed by atoms with Gasteiger partial charge in [-0.2, -0.15) is 0 Å². The highest BCUT2D eigenvalue weighted by Gasteiger charge is 2.13. The van der Waals surface area contributed by atoms with Gasteiger partial charge in [-0.15, -0.1) is 11.3 Å². The van der Waals surface area contributed by atoms with E-state index < -0.39 is 0 Å². The lowest BCUT2D eigenvalue weighted by atomic mass is 10.1. The van der Waals surface area contributed by atoms with Gasteiger partial charge in [0.1, 0.15) is 0 Å². The van der Waals surface area contributed by atoms with E-state index >= 15 is 0 Å². The first-order chi connectivity index (χ1) is 9.42. The molecular formula is C17H32N2S. The third kappa shape index (κ3) is 6.38. The normalized spacial score (nSPS) is 12.1. The number of thiophene rings is 1. The van der Waals surface area contributed by atoms with Crippen molar-refractivity contribution in [2.45, 2.75) is 54.6 Å². The van der Waals surface area contributed by atoms with Crippen molar-refractivity contribution in [3.8, 4) is 0 Å². The van der Waals surface area contributed by atoms with Gasteiger partial charge in [-0.25, -0.2) is 0 Å². The fraction of sp³-hybridized carbons (Fsp3) is 0.765. The zero-order chi connectivity index (χ0) is 15.1. The molecule has 0 saturated carbocycles. The number of nitrogens with zero attached hydrogens (tertiary/aromatic N) is 1. The van der Waals surface area contributed by atoms with Crippen LogP contribution in [0.25, 0.3) is 0 Å². The Morgan fingerprint density at radius 2 is 1.75 bits per heavy atom. The Morgan fingerprint density at radius 1 is 1.15 bits per heavy atom. The van der Waals surface area contributed by atoms with Crippen molar-refractivity contribution in [3.63, 3.8) is 0 Å². The summed E-state index contributed by atoms with van der Waals surface area (Å²) in [7, 11) is 0. The van der Waals surface area contributed by atoms with E-state index in [4.69, 9.17) is 0 Å². The van der Waals surface area contributed by atoms with Crippen LogP contribution in [0.1, 0.15) is 49.9 Å². The van der Waals surface area contributed by atoms with Crippen LogP contribution in [0.15, 0.2) is 6.07 Å². The number of hydrogen-bond acceptors (Lipinski definition) is 3. The standard InChI is InChI=1S/C17H32N2S/c1-7-18-9-17-8-16(15(6)20-17)12-19(10-13(2)3)11-14(4)5/h8,13-14,18H,7,9-12H2,1-6H3. The molecule has 1 aromatic heterocycles. The van der Waals surface area contributed by atoms with Gasteiger partial charge >= 0.3 is 0 Å². The molecule has 0 unspecified atom stereocenters. The Morgan fingerprint density at radius 3 is 2.25 bits per heavy atom. The molecule has 0 bridgehead atoms. The predicted molar refractivity (Wildman–Crippen MR) is 91.4 cm³/mol. The van der Waals surface area contributed by atoms with Crippen LogP contribution in [-0.4, -0.2) is 24.5 Å². The number of rotatable bonds is 9. The van der Waals surface area contributed by atoms with E-state index in [1.54, 1.807) is 0 Å². The van der Waals surface area contributed by atoms with Gasteiger partial charge in [0.15, 0.2) is 0 Å². The Hall–Kier alpha value is -0.380. The highest BCUT2D eigenvalue weighted by Crippen LogP contribution is 2.23. The molecule has 2 nitrogen and oxygen atoms in total. The van der Waals surface area contributed by atoms with Crippen LogP contribution in [0, 0.1) is 18.8 Å². The van der Waals surface area contributed by atoms with Crippen LogP contribution in [0.3, 0.4) is 0 Å². The number of hydrogen-bond donors (Lipinski definition) is 1. The van der Waals surface area contributed by atoms with E-state index in [2.05, 4.69) is 57.8 Å². The lowest BCUT2D eigenvalue weighted by Gasteiger charge is -2.26. The largest absolute Gasteiger partial charge is 0.312 e. The summed E-state index contributed by atoms with van der Waals surface area (Å²) in [5.74, 6) is 1.46. The molecule has 0 spiro atoms. The minimum Gasteiger partial charge on any atom is -0.312 e. The molecule has 20 heavy (non-hydrogen) atoms. The Kier molecular flexibility index (Phi) is 7.78. The molecule has 1 N–H and O–H groups in total. The van der Waals surface area contributed by atoms with Crippen LogP contribution in [0.4, 0.5) is 0 Å². The van der Waals surface area contributed by atoms with Crippen LogP contribution in [0.5, 0.6) is 0 Å². The summed E-state index contributed by atoms with van der Waals surface area (Å²) in [6, 6.07) is 2.40. The van der Waals surface area contributed by atoms with E-state index in [1.165, 1.54) is 28.4 Å². The van der Waals surface area contributed by atoms with Crippen molar-refractivity contribution in [1.29, 1.82) is 0 Å². The monoisotopic (exact) mass is 296 g/mol. The first kappa shape index (κ1) is 17.7. The predicted octanol–water partition coefficient (Wildman–Crippen LogP) is 4.28. The van der Waals surface area contributed by atoms with Crippen LogP contribution < -0.4 is 5.32 Å². The van der Waals surface area contributed by atoms with Crippen LogP contribution in [-0.2, 0) is 13.1 Å². The minimum atomic E-state index is 0.730. The molecular weight excluding hydrogens is 264 g/mol. The first-order valence-corrected chi connectivity index (χ1v) is 8.75. The van der Waals surface area contributed by atoms with Crippen molar-refractivity contribution in [2.75, 3.05) is 19.6 Å². The van der Waals surface area contributed by atoms with Gasteiger partial charge < -0.3 is 5.32 Å². The topological polar surface area (TPSA) is 15.3 Å². The number of aryl methyl sites for hydroxylation is 1. The fourth-order valence-electron chi connectivity index (χ4n) is 2.56. The second kappa shape index (κ2) is 8.81. The van der Waals surface area contributed by atoms with E-state index in [-0.39, 0.29) is 0 Å². The molecule has 0 atom stereocenters. The van der Waals surface area contributed by atoms with E-state index in [1.807, 2.05) is 11.3 Å². The fourth-order valence-corrected chi connectivity index (χ4v) is 3.58. The summed E-state index contributed by atoms with van der Waals surface area (Å²) in [6.07, 6.45) is 0. The average molecular weight is 297 g/mol. The molecule has 0 aliphatic rings. The van der Waals surface area contributed by atoms with Crippen molar-refractivity contribution in [3.05, 3.63) is 21.4 Å². The van der Waals surface area contributed by atoms with E-state index in [0.717, 1.165) is 31.5 Å². The molecule has 116 valence electrons. The van der Waals surface area contributed by atoms with Gasteiger partial charge in [0, 0.05) is 35.9 Å². The van der Waals surface area contributed by atoms with Gasteiger partial charge in [0.25, 0.3) is 0 Å². The van der Waals surface area contributed by atoms with Crippen molar-refractivity contribution < 1.29 is 0 Å². The summed E-state index contributed by atoms with van der Waals surface area (Å²) in [4.78, 5) is 5.56. The van der Waals surface area contributed by atoms with Crippen LogP contribution >= 0.6 is 11.3 Å². The molecule has 1 heterocycles. The zero-order valence-electron chi connectivity index (χ0n) is 14.1. The molecule has 0 aliphatic heterocycles. The molecule has 0 aromatic carbocycles. The third-order valence-corrected chi connectivity index (χ3v) is 4.35. The lowest BCUT2D eigenvalue weighted by Crippen LogP contribution is -2.31. The second-order valence-electron chi connectivity index (χ2n) is 6.56. The second-order valence-corrected chi connectivity index (χ2v) is 7.90. The smallest absolute Gasteiger partial charge is 0.0299 e. The Balaban J connectivity index is 2.68. The summed E-state index contributed by atoms with van der Waals surface area (Å²) in [5, 5.41) is 3.42. The summed E-state index contributed by atoms with van der Waals surface area (Å²) < 4.78 is 0. The Labute approximate surface area is 129 Å². The van der Waals surface area contributed by atoms with Gasteiger partial charge in [0.2, 0.25) is 0 Å². The third-order valence-electron chi connectivity index (χ3n) is 3.26. The highest BCUT2D eigenvalue weighted by atomic mass is 32.1. The van der Waals surface area contributed by atoms with Crippen molar-refractivity contribution in [2.24, 2.45) is 11.8 Å². The van der Waals surface area contributed by atoms with Gasteiger partial charge in [-0.1, -0.05) is 34.6 Å². The minimum absolute atomic E-state index is 0.730. The SMILES string of the molecule is CCNCc1cc(CN(CC(C)C)CC(C)C)c(C)s1.